The van der Waals surface area contributed by atoms with Gasteiger partial charge in [-0.05, 0) is 48.5 Å². The first kappa shape index (κ1) is 22.1. The molecule has 0 radical (unpaired) electrons. The Hall–Kier alpha value is -5.52. The topological polar surface area (TPSA) is 35.1 Å². The molecule has 4 nitrogen and oxygen atoms in total. The van der Waals surface area contributed by atoms with E-state index in [1.165, 1.54) is 58.3 Å². The number of nitrogens with zero attached hydrogens (tertiary/aromatic N) is 4. The van der Waals surface area contributed by atoms with Gasteiger partial charge in [-0.25, -0.2) is 9.97 Å². The lowest BCUT2D eigenvalue weighted by atomic mass is 10.1. The Morgan fingerprint density at radius 3 is 2.16 bits per heavy atom. The fourth-order valence-electron chi connectivity index (χ4n) is 7.47. The van der Waals surface area contributed by atoms with Crippen LogP contribution in [0.2, 0.25) is 0 Å². The van der Waals surface area contributed by atoms with Crippen LogP contribution in [0.1, 0.15) is 0 Å². The van der Waals surface area contributed by atoms with E-state index >= 15 is 0 Å². The molecule has 0 aliphatic heterocycles. The molecule has 0 aliphatic carbocycles. The fraction of sp³-hybridized carbons (Fsp3) is 0. The van der Waals surface area contributed by atoms with Gasteiger partial charge >= 0.3 is 0 Å². The predicted octanol–water partition coefficient (Wildman–Crippen LogP) is 10.2. The quantitative estimate of drug-likeness (QED) is 0.199. The fourth-order valence-corrected chi connectivity index (χ4v) is 8.58. The van der Waals surface area contributed by atoms with Crippen molar-refractivity contribution in [3.05, 3.63) is 121 Å². The van der Waals surface area contributed by atoms with Gasteiger partial charge in [0.25, 0.3) is 0 Å². The normalized spacial score (nSPS) is 12.7. The number of hydrogen-bond donors (Lipinski definition) is 0. The summed E-state index contributed by atoms with van der Waals surface area (Å²) in [4.78, 5) is 10.2. The lowest BCUT2D eigenvalue weighted by Crippen LogP contribution is -1.94. The van der Waals surface area contributed by atoms with Gasteiger partial charge in [-0.1, -0.05) is 72.8 Å². The molecule has 5 aromatic heterocycles. The second-order valence-corrected chi connectivity index (χ2v) is 12.5. The Labute approximate surface area is 248 Å². The van der Waals surface area contributed by atoms with Crippen molar-refractivity contribution in [2.75, 3.05) is 0 Å². The number of fused-ring (bicyclic) bond motifs is 14. The Morgan fingerprint density at radius 1 is 0.488 bits per heavy atom. The number of para-hydroxylation sites is 4. The van der Waals surface area contributed by atoms with Crippen LogP contribution in [0.3, 0.4) is 0 Å². The lowest BCUT2D eigenvalue weighted by Gasteiger charge is -2.10. The number of benzene rings is 6. The molecule has 0 spiro atoms. The zero-order valence-electron chi connectivity index (χ0n) is 22.7. The predicted molar refractivity (Wildman–Crippen MR) is 181 cm³/mol. The van der Waals surface area contributed by atoms with Crippen LogP contribution < -0.4 is 0 Å². The van der Waals surface area contributed by atoms with E-state index in [1.54, 1.807) is 0 Å². The molecule has 0 bridgehead atoms. The van der Waals surface area contributed by atoms with E-state index in [1.807, 2.05) is 35.6 Å². The molecule has 0 saturated heterocycles. The van der Waals surface area contributed by atoms with Crippen LogP contribution in [0.25, 0.3) is 97.1 Å². The number of aromatic nitrogens is 4. The van der Waals surface area contributed by atoms with Crippen molar-refractivity contribution in [1.82, 2.24) is 18.9 Å². The van der Waals surface area contributed by atoms with Crippen molar-refractivity contribution in [2.45, 2.75) is 0 Å². The van der Waals surface area contributed by atoms with Crippen molar-refractivity contribution in [2.24, 2.45) is 0 Å². The molecular weight excluding hydrogens is 545 g/mol. The monoisotopic (exact) mass is 564 g/mol. The van der Waals surface area contributed by atoms with Crippen LogP contribution >= 0.6 is 11.3 Å². The molecular formula is C38H20N4S. The smallest absolute Gasteiger partial charge is 0.165 e. The molecule has 0 N–H and O–H groups in total. The van der Waals surface area contributed by atoms with Gasteiger partial charge in [0.05, 0.1) is 33.1 Å². The summed E-state index contributed by atoms with van der Waals surface area (Å²) in [5.74, 6) is 0. The van der Waals surface area contributed by atoms with Crippen molar-refractivity contribution in [3.63, 3.8) is 0 Å². The van der Waals surface area contributed by atoms with Crippen LogP contribution in [0, 0.1) is 0 Å². The van der Waals surface area contributed by atoms with Crippen LogP contribution in [0.5, 0.6) is 0 Å². The Kier molecular flexibility index (Phi) is 3.94. The summed E-state index contributed by atoms with van der Waals surface area (Å²) >= 11 is 1.87. The Bertz CT molecular complexity index is 2960. The highest BCUT2D eigenvalue weighted by atomic mass is 32.1. The largest absolute Gasteiger partial charge is 0.309 e. The third-order valence-corrected chi connectivity index (χ3v) is 10.4. The molecule has 6 aromatic carbocycles. The molecule has 0 unspecified atom stereocenters. The van der Waals surface area contributed by atoms with Gasteiger partial charge in [-0.2, -0.15) is 0 Å². The first-order chi connectivity index (χ1) is 21.3. The van der Waals surface area contributed by atoms with Gasteiger partial charge in [0, 0.05) is 52.8 Å². The maximum atomic E-state index is 5.13. The van der Waals surface area contributed by atoms with Crippen molar-refractivity contribution >= 4 is 103 Å². The maximum Gasteiger partial charge on any atom is 0.165 e. The van der Waals surface area contributed by atoms with Gasteiger partial charge in [0.15, 0.2) is 5.65 Å². The van der Waals surface area contributed by atoms with Gasteiger partial charge in [-0.3, -0.25) is 4.40 Å². The van der Waals surface area contributed by atoms with E-state index in [4.69, 9.17) is 9.97 Å². The van der Waals surface area contributed by atoms with Crippen molar-refractivity contribution < 1.29 is 0 Å². The number of rotatable bonds is 1. The van der Waals surface area contributed by atoms with E-state index in [-0.39, 0.29) is 0 Å². The lowest BCUT2D eigenvalue weighted by molar-refractivity contribution is 1.19. The molecule has 0 atom stereocenters. The van der Waals surface area contributed by atoms with E-state index in [0.717, 1.165) is 38.8 Å². The van der Waals surface area contributed by atoms with Crippen LogP contribution in [-0.2, 0) is 0 Å². The first-order valence-electron chi connectivity index (χ1n) is 14.5. The van der Waals surface area contributed by atoms with Gasteiger partial charge in [0.1, 0.15) is 5.52 Å². The second kappa shape index (κ2) is 7.65. The van der Waals surface area contributed by atoms with Crippen molar-refractivity contribution in [3.8, 4) is 5.69 Å². The van der Waals surface area contributed by atoms with E-state index in [2.05, 4.69) is 106 Å². The molecule has 43 heavy (non-hydrogen) atoms. The summed E-state index contributed by atoms with van der Waals surface area (Å²) in [6, 6.07) is 43.8. The maximum absolute atomic E-state index is 5.13. The van der Waals surface area contributed by atoms with E-state index in [9.17, 15) is 0 Å². The Balaban J connectivity index is 1.30. The minimum Gasteiger partial charge on any atom is -0.309 e. The number of hydrogen-bond acceptors (Lipinski definition) is 3. The van der Waals surface area contributed by atoms with Gasteiger partial charge in [-0.15, -0.1) is 11.3 Å². The molecule has 5 heteroatoms. The Morgan fingerprint density at radius 2 is 1.23 bits per heavy atom. The third-order valence-electron chi connectivity index (χ3n) is 9.22. The highest BCUT2D eigenvalue weighted by molar-refractivity contribution is 7.26. The highest BCUT2D eigenvalue weighted by Crippen LogP contribution is 2.44. The molecule has 11 aromatic rings. The number of thiophene rings is 1. The van der Waals surface area contributed by atoms with Crippen LogP contribution in [-0.4, -0.2) is 18.9 Å². The van der Waals surface area contributed by atoms with Crippen LogP contribution in [0.4, 0.5) is 0 Å². The minimum absolute atomic E-state index is 0.913. The van der Waals surface area contributed by atoms with Gasteiger partial charge < -0.3 is 4.57 Å². The molecule has 11 rings (SSSR count). The summed E-state index contributed by atoms with van der Waals surface area (Å²) in [5, 5.41) is 8.80. The molecule has 0 saturated carbocycles. The molecule has 198 valence electrons. The molecule has 0 aliphatic rings. The summed E-state index contributed by atoms with van der Waals surface area (Å²) in [6.07, 6.45) is 0. The first-order valence-corrected chi connectivity index (χ1v) is 15.3. The zero-order valence-corrected chi connectivity index (χ0v) is 23.6. The minimum atomic E-state index is 0.913. The molecule has 0 fully saturated rings. The molecule has 0 amide bonds. The standard InChI is InChI=1S/C38H20N4S/c1-5-14-30-22(8-1)24-17-19-33-34(25-9-2-6-15-32(25)43-33)37(24)41(30)21-16-18-31-27(20-21)23-10-7-11-26-35-38(42(31)36(23)26)40-29-13-4-3-12-28(29)39-35/h1-20H. The summed E-state index contributed by atoms with van der Waals surface area (Å²) in [6.45, 7) is 0. The van der Waals surface area contributed by atoms with E-state index < -0.39 is 0 Å². The van der Waals surface area contributed by atoms with Crippen LogP contribution in [0.15, 0.2) is 121 Å². The average Bonchev–Trinajstić information content (AvgIpc) is 3.78. The average molecular weight is 565 g/mol. The summed E-state index contributed by atoms with van der Waals surface area (Å²) in [5.41, 5.74) is 9.71. The highest BCUT2D eigenvalue weighted by Gasteiger charge is 2.22. The van der Waals surface area contributed by atoms with E-state index in [0.29, 0.717) is 0 Å². The molecule has 5 heterocycles. The van der Waals surface area contributed by atoms with Gasteiger partial charge in [0.2, 0.25) is 0 Å². The second-order valence-electron chi connectivity index (χ2n) is 11.4. The third kappa shape index (κ3) is 2.67. The summed E-state index contributed by atoms with van der Waals surface area (Å²) in [7, 11) is 0. The SMILES string of the molecule is c1ccc2nc3c(nc2c1)c1cccc2c4cc(-n5c6ccccc6c6ccc7sc8ccccc8c7c65)ccc4n3c21. The van der Waals surface area contributed by atoms with Crippen molar-refractivity contribution in [1.29, 1.82) is 0 Å². The summed E-state index contributed by atoms with van der Waals surface area (Å²) < 4.78 is 7.43. The zero-order chi connectivity index (χ0) is 27.8.